The van der Waals surface area contributed by atoms with E-state index in [9.17, 15) is 13.0 Å². The monoisotopic (exact) mass is 276 g/mol. The van der Waals surface area contributed by atoms with Crippen molar-refractivity contribution in [2.24, 2.45) is 0 Å². The fourth-order valence-electron chi connectivity index (χ4n) is 1.87. The molecule has 1 aromatic carbocycles. The molecule has 1 N–H and O–H groups in total. The van der Waals surface area contributed by atoms with Crippen LogP contribution in [-0.2, 0) is 21.6 Å². The first kappa shape index (κ1) is 12.5. The second kappa shape index (κ2) is 4.40. The fourth-order valence-corrected chi connectivity index (χ4v) is 3.70. The maximum absolute atomic E-state index is 11.3. The Bertz CT molecular complexity index is 550. The van der Waals surface area contributed by atoms with Gasteiger partial charge in [0.1, 0.15) is 16.4 Å². The van der Waals surface area contributed by atoms with Crippen molar-refractivity contribution >= 4 is 21.9 Å². The second-order valence-corrected chi connectivity index (χ2v) is 5.91. The van der Waals surface area contributed by atoms with E-state index in [1.807, 2.05) is 0 Å². The molecule has 0 saturated carbocycles. The molecule has 0 bridgehead atoms. The molecule has 1 aliphatic rings. The summed E-state index contributed by atoms with van der Waals surface area (Å²) < 4.78 is 42.0. The quantitative estimate of drug-likeness (QED) is 0.847. The van der Waals surface area contributed by atoms with E-state index in [0.29, 0.717) is 11.5 Å². The van der Waals surface area contributed by atoms with Crippen LogP contribution >= 0.6 is 11.8 Å². The molecule has 1 aliphatic heterocycles. The Hall–Kier alpha value is -0.920. The molecule has 94 valence electrons. The van der Waals surface area contributed by atoms with Crippen molar-refractivity contribution in [3.05, 3.63) is 17.2 Å². The first-order valence-corrected chi connectivity index (χ1v) is 7.40. The first-order chi connectivity index (χ1) is 7.99. The maximum atomic E-state index is 11.3. The van der Waals surface area contributed by atoms with Crippen LogP contribution in [0.2, 0.25) is 0 Å². The van der Waals surface area contributed by atoms with Gasteiger partial charge in [0, 0.05) is 28.7 Å². The molecule has 0 unspecified atom stereocenters. The number of thioether (sulfide) groups is 1. The normalized spacial score (nSPS) is 14.5. The molecule has 0 radical (unpaired) electrons. The molecular weight excluding hydrogens is 264 g/mol. The van der Waals surface area contributed by atoms with Crippen LogP contribution in [0.1, 0.15) is 11.1 Å². The highest BCUT2D eigenvalue weighted by Crippen LogP contribution is 2.44. The summed E-state index contributed by atoms with van der Waals surface area (Å²) >= 11 is 1.64. The van der Waals surface area contributed by atoms with Gasteiger partial charge in [0.15, 0.2) is 0 Å². The third-order valence-electron chi connectivity index (χ3n) is 2.62. The van der Waals surface area contributed by atoms with Crippen LogP contribution in [0, 0.1) is 0 Å². The smallest absolute Gasteiger partial charge is 0.298 e. The van der Waals surface area contributed by atoms with E-state index < -0.39 is 10.1 Å². The minimum absolute atomic E-state index is 0.216. The zero-order chi connectivity index (χ0) is 12.6. The van der Waals surface area contributed by atoms with Crippen LogP contribution < -0.4 is 9.47 Å². The molecule has 0 spiro atoms. The number of methoxy groups -OCH3 is 2. The van der Waals surface area contributed by atoms with E-state index in [1.54, 1.807) is 11.8 Å². The van der Waals surface area contributed by atoms with Crippen LogP contribution in [0.5, 0.6) is 11.5 Å². The minimum Gasteiger partial charge on any atom is -0.496 e. The molecule has 0 aromatic heterocycles. The molecular formula is C10H12O5S2. The zero-order valence-electron chi connectivity index (χ0n) is 9.39. The van der Waals surface area contributed by atoms with Gasteiger partial charge in [0.2, 0.25) is 0 Å². The Kier molecular flexibility index (Phi) is 3.24. The number of ether oxygens (including phenoxy) is 2. The molecule has 0 saturated heterocycles. The van der Waals surface area contributed by atoms with Crippen molar-refractivity contribution in [2.75, 3.05) is 14.2 Å². The lowest BCUT2D eigenvalue weighted by atomic mass is 10.1. The molecule has 17 heavy (non-hydrogen) atoms. The Morgan fingerprint density at radius 1 is 1.24 bits per heavy atom. The van der Waals surface area contributed by atoms with E-state index in [0.717, 1.165) is 16.9 Å². The molecule has 0 aliphatic carbocycles. The van der Waals surface area contributed by atoms with Crippen LogP contribution in [0.4, 0.5) is 0 Å². The van der Waals surface area contributed by atoms with Crippen LogP contribution in [0.3, 0.4) is 0 Å². The highest BCUT2D eigenvalue weighted by Gasteiger charge is 2.28. The zero-order valence-corrected chi connectivity index (χ0v) is 11.0. The Morgan fingerprint density at radius 3 is 2.41 bits per heavy atom. The molecule has 1 aromatic rings. The topological polar surface area (TPSA) is 72.8 Å². The molecule has 0 fully saturated rings. The van der Waals surface area contributed by atoms with Crippen molar-refractivity contribution in [3.8, 4) is 11.5 Å². The van der Waals surface area contributed by atoms with Gasteiger partial charge in [-0.25, -0.2) is 0 Å². The number of hydrogen-bond acceptors (Lipinski definition) is 5. The van der Waals surface area contributed by atoms with Gasteiger partial charge in [0.25, 0.3) is 10.1 Å². The SMILES string of the molecule is COc1cc(S(=O)(=O)O)c(OC)c2c1CSC2. The van der Waals surface area contributed by atoms with Gasteiger partial charge >= 0.3 is 0 Å². The van der Waals surface area contributed by atoms with Gasteiger partial charge in [-0.05, 0) is 0 Å². The van der Waals surface area contributed by atoms with Gasteiger partial charge < -0.3 is 9.47 Å². The number of hydrogen-bond donors (Lipinski definition) is 1. The van der Waals surface area contributed by atoms with Crippen molar-refractivity contribution in [3.63, 3.8) is 0 Å². The highest BCUT2D eigenvalue weighted by atomic mass is 32.2. The lowest BCUT2D eigenvalue weighted by Crippen LogP contribution is -2.05. The Morgan fingerprint density at radius 2 is 1.88 bits per heavy atom. The summed E-state index contributed by atoms with van der Waals surface area (Å²) in [6.07, 6.45) is 0. The highest BCUT2D eigenvalue weighted by molar-refractivity contribution is 7.98. The molecule has 0 amide bonds. The van der Waals surface area contributed by atoms with E-state index >= 15 is 0 Å². The summed E-state index contributed by atoms with van der Waals surface area (Å²) in [5, 5.41) is 0. The van der Waals surface area contributed by atoms with Gasteiger partial charge in [0.05, 0.1) is 14.2 Å². The van der Waals surface area contributed by atoms with Crippen LogP contribution in [0.15, 0.2) is 11.0 Å². The van der Waals surface area contributed by atoms with E-state index in [-0.39, 0.29) is 10.6 Å². The van der Waals surface area contributed by atoms with Crippen molar-refractivity contribution in [1.29, 1.82) is 0 Å². The number of benzene rings is 1. The van der Waals surface area contributed by atoms with Gasteiger partial charge in [-0.2, -0.15) is 20.2 Å². The summed E-state index contributed by atoms with van der Waals surface area (Å²) in [5.74, 6) is 2.09. The summed E-state index contributed by atoms with van der Waals surface area (Å²) in [6.45, 7) is 0. The van der Waals surface area contributed by atoms with Crippen molar-refractivity contribution < 1.29 is 22.4 Å². The van der Waals surface area contributed by atoms with Gasteiger partial charge in [-0.15, -0.1) is 0 Å². The van der Waals surface area contributed by atoms with Crippen LogP contribution in [-0.4, -0.2) is 27.2 Å². The third-order valence-corrected chi connectivity index (χ3v) is 4.46. The maximum Gasteiger partial charge on any atom is 0.298 e. The van der Waals surface area contributed by atoms with E-state index in [4.69, 9.17) is 9.47 Å². The fraction of sp³-hybridized carbons (Fsp3) is 0.400. The van der Waals surface area contributed by atoms with Gasteiger partial charge in [-0.3, -0.25) is 4.55 Å². The predicted molar refractivity (Wildman–Crippen MR) is 64.4 cm³/mol. The standard InChI is InChI=1S/C10H12O5S2/c1-14-8-3-9(17(11,12)13)10(15-2)7-5-16-4-6(7)8/h3H,4-5H2,1-2H3,(H,11,12,13). The molecule has 0 atom stereocenters. The summed E-state index contributed by atoms with van der Waals surface area (Å²) in [6, 6.07) is 1.30. The second-order valence-electron chi connectivity index (χ2n) is 3.54. The third kappa shape index (κ3) is 2.10. The molecule has 7 heteroatoms. The summed E-state index contributed by atoms with van der Waals surface area (Å²) in [7, 11) is -1.45. The van der Waals surface area contributed by atoms with E-state index in [2.05, 4.69) is 0 Å². The number of fused-ring (bicyclic) bond motifs is 1. The first-order valence-electron chi connectivity index (χ1n) is 4.81. The van der Waals surface area contributed by atoms with Crippen molar-refractivity contribution in [1.82, 2.24) is 0 Å². The lowest BCUT2D eigenvalue weighted by molar-refractivity contribution is 0.383. The summed E-state index contributed by atoms with van der Waals surface area (Å²) in [5.41, 5.74) is 1.71. The Balaban J connectivity index is 2.77. The lowest BCUT2D eigenvalue weighted by Gasteiger charge is -2.14. The van der Waals surface area contributed by atoms with Crippen molar-refractivity contribution in [2.45, 2.75) is 16.4 Å². The summed E-state index contributed by atoms with van der Waals surface area (Å²) in [4.78, 5) is -0.238. The number of rotatable bonds is 3. The molecule has 1 heterocycles. The minimum atomic E-state index is -4.31. The molecule has 5 nitrogen and oxygen atoms in total. The average Bonchev–Trinajstić information content (AvgIpc) is 2.74. The predicted octanol–water partition coefficient (Wildman–Crippen LogP) is 1.70. The molecule has 2 rings (SSSR count). The van der Waals surface area contributed by atoms with Crippen LogP contribution in [0.25, 0.3) is 0 Å². The van der Waals surface area contributed by atoms with E-state index in [1.165, 1.54) is 20.3 Å². The average molecular weight is 276 g/mol. The largest absolute Gasteiger partial charge is 0.496 e. The Labute approximate surface area is 104 Å². The van der Waals surface area contributed by atoms with Gasteiger partial charge in [-0.1, -0.05) is 0 Å².